The van der Waals surface area contributed by atoms with E-state index in [2.05, 4.69) is 44.7 Å². The van der Waals surface area contributed by atoms with Crippen LogP contribution in [0.4, 0.5) is 0 Å². The summed E-state index contributed by atoms with van der Waals surface area (Å²) in [6.45, 7) is 8.87. The summed E-state index contributed by atoms with van der Waals surface area (Å²) in [5.41, 5.74) is 3.56. The van der Waals surface area contributed by atoms with Gasteiger partial charge in [-0.05, 0) is 54.3 Å². The van der Waals surface area contributed by atoms with E-state index in [1.807, 2.05) is 49.4 Å². The van der Waals surface area contributed by atoms with Crippen molar-refractivity contribution in [2.45, 2.75) is 51.4 Å². The number of rotatable bonds is 3. The average Bonchev–Trinajstić information content (AvgIpc) is 3.00. The van der Waals surface area contributed by atoms with Crippen molar-refractivity contribution in [2.24, 2.45) is 0 Å². The zero-order valence-corrected chi connectivity index (χ0v) is 17.0. The molecule has 2 aromatic rings. The van der Waals surface area contributed by atoms with Gasteiger partial charge in [-0.25, -0.2) is 0 Å². The van der Waals surface area contributed by atoms with E-state index in [0.29, 0.717) is 0 Å². The van der Waals surface area contributed by atoms with Crippen LogP contribution in [0.5, 0.6) is 5.75 Å². The maximum atomic E-state index is 10.2. The van der Waals surface area contributed by atoms with Gasteiger partial charge in [0.2, 0.25) is 0 Å². The number of ether oxygens (including phenoxy) is 2. The molecule has 0 aromatic heterocycles. The minimum Gasteiger partial charge on any atom is -0.485 e. The predicted octanol–water partition coefficient (Wildman–Crippen LogP) is 4.41. The third-order valence-electron chi connectivity index (χ3n) is 4.79. The van der Waals surface area contributed by atoms with Crippen molar-refractivity contribution < 1.29 is 14.6 Å². The second-order valence-electron chi connectivity index (χ2n) is 8.22. The zero-order chi connectivity index (χ0) is 20.1. The topological polar surface area (TPSA) is 38.7 Å². The maximum Gasteiger partial charge on any atom is 0.156 e. The molecular weight excluding hydrogens is 348 g/mol. The summed E-state index contributed by atoms with van der Waals surface area (Å²) in [7, 11) is 0. The van der Waals surface area contributed by atoms with Crippen molar-refractivity contribution in [3.63, 3.8) is 0 Å². The van der Waals surface area contributed by atoms with Gasteiger partial charge >= 0.3 is 0 Å². The largest absolute Gasteiger partial charge is 0.485 e. The van der Waals surface area contributed by atoms with E-state index in [-0.39, 0.29) is 18.1 Å². The van der Waals surface area contributed by atoms with Gasteiger partial charge in [0.25, 0.3) is 0 Å². The lowest BCUT2D eigenvalue weighted by Gasteiger charge is -2.19. The number of benzene rings is 2. The lowest BCUT2D eigenvalue weighted by Crippen LogP contribution is -2.34. The van der Waals surface area contributed by atoms with Crippen molar-refractivity contribution in [3.8, 4) is 17.6 Å². The summed E-state index contributed by atoms with van der Waals surface area (Å²) in [6.07, 6.45) is 2.20. The summed E-state index contributed by atoms with van der Waals surface area (Å²) >= 11 is 0. The monoisotopic (exact) mass is 376 g/mol. The summed E-state index contributed by atoms with van der Waals surface area (Å²) < 4.78 is 11.6. The first-order chi connectivity index (χ1) is 13.3. The third-order valence-corrected chi connectivity index (χ3v) is 4.79. The molecule has 0 spiro atoms. The molecule has 0 amide bonds. The van der Waals surface area contributed by atoms with Crippen LogP contribution in [-0.2, 0) is 10.2 Å². The highest BCUT2D eigenvalue weighted by molar-refractivity contribution is 5.40. The number of aliphatic hydroxyl groups is 1. The van der Waals surface area contributed by atoms with Gasteiger partial charge in [-0.2, -0.15) is 0 Å². The fraction of sp³-hybridized carbons (Fsp3) is 0.360. The first kappa shape index (κ1) is 20.2. The molecule has 0 saturated carbocycles. The molecule has 2 aromatic carbocycles. The van der Waals surface area contributed by atoms with E-state index in [9.17, 15) is 5.11 Å². The summed E-state index contributed by atoms with van der Waals surface area (Å²) in [5.74, 6) is 6.90. The molecule has 1 aliphatic heterocycles. The highest BCUT2D eigenvalue weighted by Gasteiger charge is 2.36. The lowest BCUT2D eigenvalue weighted by atomic mass is 9.87. The Morgan fingerprint density at radius 2 is 1.75 bits per heavy atom. The van der Waals surface area contributed by atoms with Crippen molar-refractivity contribution in [1.82, 2.24) is 0 Å². The molecule has 0 radical (unpaired) electrons. The standard InChI is InChI=1S/C25H28O3/c1-18-9-15-21(16-10-18)28-24-22(26)17-27-23(24)8-6-5-7-19-11-13-20(14-12-19)25(2,3)4/h6,8-16,22-24,26H,17H2,1-4H3/b8-6+. The third kappa shape index (κ3) is 5.25. The van der Waals surface area contributed by atoms with Crippen LogP contribution < -0.4 is 4.74 Å². The van der Waals surface area contributed by atoms with Crippen LogP contribution in [0.15, 0.2) is 60.7 Å². The van der Waals surface area contributed by atoms with Gasteiger partial charge in [-0.15, -0.1) is 0 Å². The Balaban J connectivity index is 1.63. The lowest BCUT2D eigenvalue weighted by molar-refractivity contribution is 0.0610. The molecule has 1 N–H and O–H groups in total. The van der Waals surface area contributed by atoms with Crippen LogP contribution in [0.1, 0.15) is 37.5 Å². The number of aryl methyl sites for hydroxylation is 1. The molecule has 1 heterocycles. The molecule has 3 unspecified atom stereocenters. The van der Waals surface area contributed by atoms with Crippen molar-refractivity contribution in [1.29, 1.82) is 0 Å². The van der Waals surface area contributed by atoms with Crippen LogP contribution in [0, 0.1) is 18.8 Å². The molecule has 1 fully saturated rings. The van der Waals surface area contributed by atoms with Crippen LogP contribution in [0.3, 0.4) is 0 Å². The average molecular weight is 376 g/mol. The van der Waals surface area contributed by atoms with Gasteiger partial charge in [0.05, 0.1) is 6.61 Å². The molecule has 3 heteroatoms. The molecule has 3 nitrogen and oxygen atoms in total. The van der Waals surface area contributed by atoms with Gasteiger partial charge in [-0.3, -0.25) is 0 Å². The highest BCUT2D eigenvalue weighted by Crippen LogP contribution is 2.23. The fourth-order valence-electron chi connectivity index (χ4n) is 3.02. The number of hydrogen-bond acceptors (Lipinski definition) is 3. The predicted molar refractivity (Wildman–Crippen MR) is 113 cm³/mol. The van der Waals surface area contributed by atoms with E-state index in [4.69, 9.17) is 9.47 Å². The SMILES string of the molecule is Cc1ccc(OC2C(O)COC2/C=C/C#Cc2ccc(C(C)(C)C)cc2)cc1. The van der Waals surface area contributed by atoms with Gasteiger partial charge in [0.1, 0.15) is 18.0 Å². The Kier molecular flexibility index (Phi) is 6.24. The van der Waals surface area contributed by atoms with Crippen molar-refractivity contribution >= 4 is 0 Å². The Hall–Kier alpha value is -2.54. The number of hydrogen-bond donors (Lipinski definition) is 1. The molecule has 1 saturated heterocycles. The molecule has 146 valence electrons. The quantitative estimate of drug-likeness (QED) is 0.807. The fourth-order valence-corrected chi connectivity index (χ4v) is 3.02. The summed E-state index contributed by atoms with van der Waals surface area (Å²) in [5, 5.41) is 10.2. The molecule has 0 bridgehead atoms. The number of aliphatic hydroxyl groups excluding tert-OH is 1. The molecular formula is C25H28O3. The summed E-state index contributed by atoms with van der Waals surface area (Å²) in [6, 6.07) is 16.1. The normalized spacial score (nSPS) is 22.1. The van der Waals surface area contributed by atoms with Gasteiger partial charge in [0, 0.05) is 5.56 Å². The Morgan fingerprint density at radius 3 is 2.39 bits per heavy atom. The smallest absolute Gasteiger partial charge is 0.156 e. The second kappa shape index (κ2) is 8.65. The van der Waals surface area contributed by atoms with Crippen molar-refractivity contribution in [2.75, 3.05) is 6.61 Å². The maximum absolute atomic E-state index is 10.2. The second-order valence-corrected chi connectivity index (χ2v) is 8.22. The Morgan fingerprint density at radius 1 is 1.07 bits per heavy atom. The Bertz CT molecular complexity index is 861. The van der Waals surface area contributed by atoms with E-state index in [1.54, 1.807) is 6.08 Å². The van der Waals surface area contributed by atoms with Crippen molar-refractivity contribution in [3.05, 3.63) is 77.4 Å². The van der Waals surface area contributed by atoms with Crippen LogP contribution >= 0.6 is 0 Å². The van der Waals surface area contributed by atoms with Crippen LogP contribution in [-0.4, -0.2) is 30.0 Å². The molecule has 1 aliphatic rings. The van der Waals surface area contributed by atoms with Crippen LogP contribution in [0.25, 0.3) is 0 Å². The van der Waals surface area contributed by atoms with Crippen LogP contribution in [0.2, 0.25) is 0 Å². The van der Waals surface area contributed by atoms with E-state index in [1.165, 1.54) is 5.56 Å². The minimum atomic E-state index is -0.658. The Labute approximate surface area is 168 Å². The first-order valence-corrected chi connectivity index (χ1v) is 9.65. The zero-order valence-electron chi connectivity index (χ0n) is 17.0. The van der Waals surface area contributed by atoms with Gasteiger partial charge < -0.3 is 14.6 Å². The highest BCUT2D eigenvalue weighted by atomic mass is 16.6. The van der Waals surface area contributed by atoms with Gasteiger partial charge in [-0.1, -0.05) is 62.4 Å². The molecule has 3 rings (SSSR count). The molecule has 3 atom stereocenters. The summed E-state index contributed by atoms with van der Waals surface area (Å²) in [4.78, 5) is 0. The molecule has 0 aliphatic carbocycles. The van der Waals surface area contributed by atoms with E-state index >= 15 is 0 Å². The van der Waals surface area contributed by atoms with E-state index in [0.717, 1.165) is 16.9 Å². The van der Waals surface area contributed by atoms with Gasteiger partial charge in [0.15, 0.2) is 6.10 Å². The number of allylic oxidation sites excluding steroid dienone is 1. The minimum absolute atomic E-state index is 0.138. The molecule has 28 heavy (non-hydrogen) atoms. The van der Waals surface area contributed by atoms with E-state index < -0.39 is 12.2 Å². The first-order valence-electron chi connectivity index (χ1n) is 9.65.